The Balaban J connectivity index is 1.26. The predicted octanol–water partition coefficient (Wildman–Crippen LogP) is 5.15. The Hall–Kier alpha value is -2.63. The largest absolute Gasteiger partial charge is 0.448 e. The minimum Gasteiger partial charge on any atom is -0.448 e. The van der Waals surface area contributed by atoms with Crippen LogP contribution in [-0.2, 0) is 14.2 Å². The summed E-state index contributed by atoms with van der Waals surface area (Å²) in [6, 6.07) is 16.9. The third-order valence-electron chi connectivity index (χ3n) is 6.92. The van der Waals surface area contributed by atoms with E-state index in [0.717, 1.165) is 32.3 Å². The van der Waals surface area contributed by atoms with Crippen LogP contribution >= 0.6 is 0 Å². The van der Waals surface area contributed by atoms with E-state index < -0.39 is 0 Å². The maximum absolute atomic E-state index is 13.2. The summed E-state index contributed by atoms with van der Waals surface area (Å²) in [5.41, 5.74) is 6.40. The molecule has 32 heavy (non-hydrogen) atoms. The van der Waals surface area contributed by atoms with Crippen LogP contribution in [0.3, 0.4) is 0 Å². The van der Waals surface area contributed by atoms with E-state index in [4.69, 9.17) is 14.2 Å². The van der Waals surface area contributed by atoms with Gasteiger partial charge >= 0.3 is 6.09 Å². The summed E-state index contributed by atoms with van der Waals surface area (Å²) in [4.78, 5) is 15.1. The maximum Gasteiger partial charge on any atom is 0.410 e. The lowest BCUT2D eigenvalue weighted by molar-refractivity contribution is -0.0365. The normalized spacial score (nSPS) is 21.7. The van der Waals surface area contributed by atoms with E-state index in [1.165, 1.54) is 27.8 Å². The fourth-order valence-electron chi connectivity index (χ4n) is 5.42. The molecular weight excluding hydrogens is 402 g/mol. The molecule has 2 unspecified atom stereocenters. The Morgan fingerprint density at radius 2 is 1.75 bits per heavy atom. The highest BCUT2D eigenvalue weighted by molar-refractivity contribution is 5.79. The highest BCUT2D eigenvalue weighted by Gasteiger charge is 2.39. The molecule has 0 saturated carbocycles. The van der Waals surface area contributed by atoms with E-state index >= 15 is 0 Å². The van der Waals surface area contributed by atoms with Crippen molar-refractivity contribution in [3.63, 3.8) is 0 Å². The number of carbonyl (C=O) groups is 1. The first kappa shape index (κ1) is 21.2. The Labute approximate surface area is 190 Å². The average molecular weight is 434 g/mol. The minimum absolute atomic E-state index is 0.0319. The number of amides is 1. The number of methoxy groups -OCH3 is 1. The van der Waals surface area contributed by atoms with Gasteiger partial charge in [0.2, 0.25) is 0 Å². The van der Waals surface area contributed by atoms with Crippen molar-refractivity contribution in [1.82, 2.24) is 4.90 Å². The van der Waals surface area contributed by atoms with Crippen LogP contribution in [0.25, 0.3) is 11.1 Å². The Bertz CT molecular complexity index is 955. The van der Waals surface area contributed by atoms with Crippen LogP contribution in [-0.4, -0.2) is 56.6 Å². The van der Waals surface area contributed by atoms with E-state index in [9.17, 15) is 4.79 Å². The van der Waals surface area contributed by atoms with Crippen molar-refractivity contribution in [2.75, 3.05) is 33.5 Å². The van der Waals surface area contributed by atoms with Gasteiger partial charge in [-0.15, -0.1) is 0 Å². The third-order valence-corrected chi connectivity index (χ3v) is 6.92. The fourth-order valence-corrected chi connectivity index (χ4v) is 5.42. The fraction of sp³-hybridized carbons (Fsp3) is 0.444. The van der Waals surface area contributed by atoms with Crippen molar-refractivity contribution < 1.29 is 19.0 Å². The summed E-state index contributed by atoms with van der Waals surface area (Å²) in [5, 5.41) is 0. The van der Waals surface area contributed by atoms with Crippen LogP contribution in [0, 0.1) is 0 Å². The van der Waals surface area contributed by atoms with Crippen molar-refractivity contribution in [3.8, 4) is 11.1 Å². The molecule has 0 N–H and O–H groups in total. The molecule has 1 aliphatic carbocycles. The Morgan fingerprint density at radius 3 is 2.44 bits per heavy atom. The summed E-state index contributed by atoms with van der Waals surface area (Å²) in [5.74, 6) is 0.0825. The molecule has 0 spiro atoms. The minimum atomic E-state index is -0.222. The Kier molecular flexibility index (Phi) is 6.28. The molecule has 3 aliphatic rings. The highest BCUT2D eigenvalue weighted by Crippen LogP contribution is 2.44. The lowest BCUT2D eigenvalue weighted by atomic mass is 9.91. The van der Waals surface area contributed by atoms with Crippen LogP contribution in [0.5, 0.6) is 0 Å². The summed E-state index contributed by atoms with van der Waals surface area (Å²) < 4.78 is 16.9. The number of unbranched alkanes of at least 4 members (excludes halogenated alkanes) is 1. The molecule has 168 valence electrons. The lowest BCUT2D eigenvalue weighted by Gasteiger charge is -2.44. The number of carbonyl (C=O) groups excluding carboxylic acids is 1. The molecule has 2 atom stereocenters. The second-order valence-electron chi connectivity index (χ2n) is 8.95. The van der Waals surface area contributed by atoms with Gasteiger partial charge in [-0.1, -0.05) is 60.2 Å². The SMILES string of the molecule is COCCCCC1=CC2COCC(C1)N2C(=O)OCC1c2ccccc2-c2ccccc21. The van der Waals surface area contributed by atoms with Crippen molar-refractivity contribution in [3.05, 3.63) is 71.3 Å². The van der Waals surface area contributed by atoms with Crippen LogP contribution in [0.15, 0.2) is 60.2 Å². The van der Waals surface area contributed by atoms with Gasteiger partial charge in [0.25, 0.3) is 0 Å². The first-order valence-corrected chi connectivity index (χ1v) is 11.7. The highest BCUT2D eigenvalue weighted by atomic mass is 16.6. The zero-order chi connectivity index (χ0) is 21.9. The lowest BCUT2D eigenvalue weighted by Crippen LogP contribution is -2.56. The molecule has 1 fully saturated rings. The number of morpholine rings is 1. The van der Waals surface area contributed by atoms with E-state index in [2.05, 4.69) is 54.6 Å². The Morgan fingerprint density at radius 1 is 1.03 bits per heavy atom. The van der Waals surface area contributed by atoms with Gasteiger partial charge in [-0.2, -0.15) is 0 Å². The smallest absolute Gasteiger partial charge is 0.410 e. The monoisotopic (exact) mass is 433 g/mol. The number of nitrogens with zero attached hydrogens (tertiary/aromatic N) is 1. The second kappa shape index (κ2) is 9.47. The van der Waals surface area contributed by atoms with Crippen molar-refractivity contribution >= 4 is 6.09 Å². The summed E-state index contributed by atoms with van der Waals surface area (Å²) in [6.07, 6.45) is 6.12. The zero-order valence-electron chi connectivity index (χ0n) is 18.7. The number of hydrogen-bond acceptors (Lipinski definition) is 4. The van der Waals surface area contributed by atoms with Crippen LogP contribution in [0.4, 0.5) is 4.79 Å². The molecule has 0 aromatic heterocycles. The first-order chi connectivity index (χ1) is 15.8. The van der Waals surface area contributed by atoms with Crippen LogP contribution in [0.2, 0.25) is 0 Å². The summed E-state index contributed by atoms with van der Waals surface area (Å²) in [6.45, 7) is 2.28. The van der Waals surface area contributed by atoms with Gasteiger partial charge in [0.1, 0.15) is 6.61 Å². The predicted molar refractivity (Wildman–Crippen MR) is 124 cm³/mol. The third kappa shape index (κ3) is 4.07. The number of ether oxygens (including phenoxy) is 3. The molecule has 5 nitrogen and oxygen atoms in total. The van der Waals surface area contributed by atoms with E-state index in [1.54, 1.807) is 7.11 Å². The molecule has 2 aromatic rings. The second-order valence-corrected chi connectivity index (χ2v) is 8.95. The molecule has 5 heteroatoms. The molecule has 1 amide bonds. The molecule has 0 radical (unpaired) electrons. The van der Waals surface area contributed by atoms with E-state index in [0.29, 0.717) is 19.8 Å². The molecule has 2 aromatic carbocycles. The maximum atomic E-state index is 13.2. The number of rotatable bonds is 7. The molecule has 2 aliphatic heterocycles. The molecule has 2 bridgehead atoms. The van der Waals surface area contributed by atoms with E-state index in [1.807, 2.05) is 4.90 Å². The van der Waals surface area contributed by atoms with Gasteiger partial charge in [0.15, 0.2) is 0 Å². The zero-order valence-corrected chi connectivity index (χ0v) is 18.7. The summed E-state index contributed by atoms with van der Waals surface area (Å²) >= 11 is 0. The summed E-state index contributed by atoms with van der Waals surface area (Å²) in [7, 11) is 1.74. The van der Waals surface area contributed by atoms with Gasteiger partial charge in [-0.05, 0) is 47.9 Å². The van der Waals surface area contributed by atoms with Crippen molar-refractivity contribution in [2.45, 2.75) is 43.7 Å². The standard InChI is InChI=1S/C27H31NO4/c1-30-13-7-6-8-19-14-20-16-31-17-21(15-19)28(20)27(29)32-18-26-24-11-4-2-9-22(24)23-10-3-5-12-25(23)26/h2-5,9-12,14,20-21,26H,6-8,13,15-18H2,1H3. The van der Waals surface area contributed by atoms with Crippen molar-refractivity contribution in [1.29, 1.82) is 0 Å². The average Bonchev–Trinajstić information content (AvgIpc) is 3.13. The van der Waals surface area contributed by atoms with Crippen LogP contribution < -0.4 is 0 Å². The number of fused-ring (bicyclic) bond motifs is 5. The number of hydrogen-bond donors (Lipinski definition) is 0. The van der Waals surface area contributed by atoms with Gasteiger partial charge in [-0.3, -0.25) is 4.90 Å². The van der Waals surface area contributed by atoms with Gasteiger partial charge in [0, 0.05) is 19.6 Å². The number of benzene rings is 2. The van der Waals surface area contributed by atoms with Gasteiger partial charge < -0.3 is 14.2 Å². The molecule has 5 rings (SSSR count). The molecular formula is C27H31NO4. The van der Waals surface area contributed by atoms with Crippen LogP contribution in [0.1, 0.15) is 42.7 Å². The quantitative estimate of drug-likeness (QED) is 0.447. The molecule has 1 saturated heterocycles. The van der Waals surface area contributed by atoms with Gasteiger partial charge in [-0.25, -0.2) is 4.79 Å². The van der Waals surface area contributed by atoms with E-state index in [-0.39, 0.29) is 24.1 Å². The van der Waals surface area contributed by atoms with Gasteiger partial charge in [0.05, 0.1) is 25.3 Å². The molecule has 2 heterocycles. The first-order valence-electron chi connectivity index (χ1n) is 11.7. The van der Waals surface area contributed by atoms with Crippen molar-refractivity contribution in [2.24, 2.45) is 0 Å². The topological polar surface area (TPSA) is 48.0 Å².